The van der Waals surface area contributed by atoms with Crippen LogP contribution in [-0.2, 0) is 16.1 Å². The number of esters is 1. The highest BCUT2D eigenvalue weighted by molar-refractivity contribution is 6.30. The van der Waals surface area contributed by atoms with E-state index >= 15 is 0 Å². The van der Waals surface area contributed by atoms with Crippen molar-refractivity contribution < 1.29 is 23.4 Å². The molecule has 0 aliphatic carbocycles. The predicted molar refractivity (Wildman–Crippen MR) is 117 cm³/mol. The van der Waals surface area contributed by atoms with Gasteiger partial charge in [0.25, 0.3) is 0 Å². The van der Waals surface area contributed by atoms with Gasteiger partial charge in [0.2, 0.25) is 0 Å². The summed E-state index contributed by atoms with van der Waals surface area (Å²) >= 11 is 5.91. The molecule has 1 heterocycles. The molecule has 0 fully saturated rings. The highest BCUT2D eigenvalue weighted by atomic mass is 35.5. The Kier molecular flexibility index (Phi) is 6.05. The number of hydrogen-bond acceptors (Lipinski definition) is 4. The number of cyclic esters (lactones) is 1. The minimum atomic E-state index is -0.435. The third kappa shape index (κ3) is 4.95. The van der Waals surface area contributed by atoms with Crippen molar-refractivity contribution in [2.24, 2.45) is 0 Å². The van der Waals surface area contributed by atoms with E-state index < -0.39 is 5.97 Å². The topological polar surface area (TPSA) is 44.8 Å². The molecular formula is C25H18ClFO4. The van der Waals surface area contributed by atoms with Gasteiger partial charge in [0.1, 0.15) is 18.2 Å². The van der Waals surface area contributed by atoms with E-state index in [0.29, 0.717) is 33.4 Å². The smallest absolute Gasteiger partial charge is 0.343 e. The molecule has 156 valence electrons. The fourth-order valence-corrected chi connectivity index (χ4v) is 3.23. The van der Waals surface area contributed by atoms with Gasteiger partial charge in [0, 0.05) is 10.6 Å². The predicted octanol–water partition coefficient (Wildman–Crippen LogP) is 6.05. The van der Waals surface area contributed by atoms with Crippen LogP contribution in [0, 0.1) is 5.82 Å². The van der Waals surface area contributed by atoms with Crippen LogP contribution < -0.4 is 9.47 Å². The lowest BCUT2D eigenvalue weighted by molar-refractivity contribution is -0.130. The Morgan fingerprint density at radius 3 is 2.58 bits per heavy atom. The molecule has 31 heavy (non-hydrogen) atoms. The number of methoxy groups -OCH3 is 1. The molecule has 0 saturated carbocycles. The number of carbonyl (C=O) groups excluding carboxylic acids is 1. The average Bonchev–Trinajstić information content (AvgIpc) is 3.13. The van der Waals surface area contributed by atoms with Crippen LogP contribution in [0.4, 0.5) is 4.39 Å². The average molecular weight is 437 g/mol. The van der Waals surface area contributed by atoms with E-state index in [1.165, 1.54) is 19.2 Å². The molecule has 0 bridgehead atoms. The van der Waals surface area contributed by atoms with E-state index in [4.69, 9.17) is 25.8 Å². The first-order valence-electron chi connectivity index (χ1n) is 9.48. The van der Waals surface area contributed by atoms with Gasteiger partial charge in [0.05, 0.1) is 12.7 Å². The van der Waals surface area contributed by atoms with Gasteiger partial charge in [-0.15, -0.1) is 0 Å². The van der Waals surface area contributed by atoms with Crippen LogP contribution in [0.1, 0.15) is 16.7 Å². The largest absolute Gasteiger partial charge is 0.493 e. The maximum Gasteiger partial charge on any atom is 0.343 e. The molecule has 0 aromatic heterocycles. The van der Waals surface area contributed by atoms with Crippen molar-refractivity contribution >= 4 is 29.4 Å². The van der Waals surface area contributed by atoms with E-state index in [-0.39, 0.29) is 12.4 Å². The zero-order valence-corrected chi connectivity index (χ0v) is 17.4. The molecule has 3 aromatic rings. The van der Waals surface area contributed by atoms with Crippen molar-refractivity contribution in [3.8, 4) is 11.5 Å². The normalized spacial score (nSPS) is 14.4. The number of halogens is 2. The zero-order chi connectivity index (χ0) is 21.8. The van der Waals surface area contributed by atoms with Crippen molar-refractivity contribution in [2.45, 2.75) is 6.61 Å². The number of benzene rings is 3. The molecule has 0 spiro atoms. The maximum absolute atomic E-state index is 13.3. The maximum atomic E-state index is 13.3. The van der Waals surface area contributed by atoms with Crippen LogP contribution in [0.3, 0.4) is 0 Å². The molecule has 0 unspecified atom stereocenters. The zero-order valence-electron chi connectivity index (χ0n) is 16.6. The number of hydrogen-bond donors (Lipinski definition) is 0. The van der Waals surface area contributed by atoms with Gasteiger partial charge in [0.15, 0.2) is 11.5 Å². The Morgan fingerprint density at radius 1 is 1.03 bits per heavy atom. The Balaban J connectivity index is 1.53. The fourth-order valence-electron chi connectivity index (χ4n) is 3.11. The quantitative estimate of drug-likeness (QED) is 0.348. The van der Waals surface area contributed by atoms with Gasteiger partial charge in [-0.3, -0.25) is 0 Å². The van der Waals surface area contributed by atoms with E-state index in [1.54, 1.807) is 66.7 Å². The summed E-state index contributed by atoms with van der Waals surface area (Å²) in [6, 6.07) is 18.6. The Morgan fingerprint density at radius 2 is 1.84 bits per heavy atom. The summed E-state index contributed by atoms with van der Waals surface area (Å²) in [6.45, 7) is 0.202. The molecule has 0 radical (unpaired) electrons. The molecule has 4 rings (SSSR count). The minimum absolute atomic E-state index is 0.202. The van der Waals surface area contributed by atoms with Crippen molar-refractivity contribution in [2.75, 3.05) is 7.11 Å². The van der Waals surface area contributed by atoms with Crippen molar-refractivity contribution in [1.82, 2.24) is 0 Å². The molecular weight excluding hydrogens is 419 g/mol. The van der Waals surface area contributed by atoms with Gasteiger partial charge in [-0.25, -0.2) is 9.18 Å². The molecule has 0 amide bonds. The first kappa shape index (κ1) is 20.7. The summed E-state index contributed by atoms with van der Waals surface area (Å²) in [5.41, 5.74) is 2.64. The number of ether oxygens (including phenoxy) is 3. The summed E-state index contributed by atoms with van der Waals surface area (Å²) in [5.74, 6) is 0.731. The van der Waals surface area contributed by atoms with Crippen LogP contribution >= 0.6 is 11.6 Å². The lowest BCUT2D eigenvalue weighted by Crippen LogP contribution is -1.99. The molecule has 3 aromatic carbocycles. The highest BCUT2D eigenvalue weighted by Crippen LogP contribution is 2.32. The SMILES string of the molecule is COc1cc(/C=C2\C=C(c3ccc(Cl)cc3)OC2=O)ccc1OCc1cccc(F)c1. The van der Waals surface area contributed by atoms with Crippen LogP contribution in [0.5, 0.6) is 11.5 Å². The molecule has 0 saturated heterocycles. The van der Waals surface area contributed by atoms with Crippen molar-refractivity contribution in [3.05, 3.63) is 106 Å². The Bertz CT molecular complexity index is 1180. The highest BCUT2D eigenvalue weighted by Gasteiger charge is 2.22. The van der Waals surface area contributed by atoms with Gasteiger partial charge < -0.3 is 14.2 Å². The van der Waals surface area contributed by atoms with Crippen LogP contribution in [0.2, 0.25) is 5.02 Å². The summed E-state index contributed by atoms with van der Waals surface area (Å²) in [4.78, 5) is 12.3. The fraction of sp³-hybridized carbons (Fsp3) is 0.0800. The van der Waals surface area contributed by atoms with E-state index in [9.17, 15) is 9.18 Å². The second-order valence-corrected chi connectivity index (χ2v) is 7.27. The Labute approximate surface area is 184 Å². The number of carbonyl (C=O) groups is 1. The lowest BCUT2D eigenvalue weighted by Gasteiger charge is -2.11. The molecule has 1 aliphatic heterocycles. The second-order valence-electron chi connectivity index (χ2n) is 6.83. The van der Waals surface area contributed by atoms with Crippen molar-refractivity contribution in [1.29, 1.82) is 0 Å². The van der Waals surface area contributed by atoms with Gasteiger partial charge in [-0.05, 0) is 71.8 Å². The molecule has 1 aliphatic rings. The molecule has 6 heteroatoms. The summed E-state index contributed by atoms with van der Waals surface area (Å²) < 4.78 is 29.9. The third-order valence-electron chi connectivity index (χ3n) is 4.65. The lowest BCUT2D eigenvalue weighted by atomic mass is 10.1. The standard InChI is InChI=1S/C25H18ClFO4/c1-29-24-13-16(5-10-22(24)30-15-17-3-2-4-21(27)12-17)11-19-14-23(31-25(19)28)18-6-8-20(26)9-7-18/h2-14H,15H2,1H3/b19-11+. The second kappa shape index (κ2) is 9.06. The molecule has 0 N–H and O–H groups in total. The van der Waals surface area contributed by atoms with E-state index in [1.807, 2.05) is 0 Å². The first-order valence-corrected chi connectivity index (χ1v) is 9.86. The number of rotatable bonds is 6. The van der Waals surface area contributed by atoms with Crippen LogP contribution in [0.15, 0.2) is 78.4 Å². The summed E-state index contributed by atoms with van der Waals surface area (Å²) in [5, 5.41) is 0.608. The van der Waals surface area contributed by atoms with E-state index in [0.717, 1.165) is 11.1 Å². The van der Waals surface area contributed by atoms with Gasteiger partial charge >= 0.3 is 5.97 Å². The minimum Gasteiger partial charge on any atom is -0.493 e. The van der Waals surface area contributed by atoms with Gasteiger partial charge in [-0.2, -0.15) is 0 Å². The van der Waals surface area contributed by atoms with Crippen molar-refractivity contribution in [3.63, 3.8) is 0 Å². The third-order valence-corrected chi connectivity index (χ3v) is 4.90. The summed E-state index contributed by atoms with van der Waals surface area (Å²) in [7, 11) is 1.53. The first-order chi connectivity index (χ1) is 15.0. The van der Waals surface area contributed by atoms with Crippen LogP contribution in [-0.4, -0.2) is 13.1 Å². The molecule has 4 nitrogen and oxygen atoms in total. The monoisotopic (exact) mass is 436 g/mol. The molecule has 0 atom stereocenters. The van der Waals surface area contributed by atoms with Crippen LogP contribution in [0.25, 0.3) is 11.8 Å². The summed E-state index contributed by atoms with van der Waals surface area (Å²) in [6.07, 6.45) is 3.40. The van der Waals surface area contributed by atoms with E-state index in [2.05, 4.69) is 0 Å². The Hall–Kier alpha value is -3.57. The van der Waals surface area contributed by atoms with Gasteiger partial charge in [-0.1, -0.05) is 29.8 Å².